The van der Waals surface area contributed by atoms with Crippen molar-refractivity contribution < 1.29 is 4.79 Å². The summed E-state index contributed by atoms with van der Waals surface area (Å²) in [6, 6.07) is 2.01. The Bertz CT molecular complexity index is 433. The Labute approximate surface area is 85.0 Å². The zero-order chi connectivity index (χ0) is 9.97. The predicted octanol–water partition coefficient (Wildman–Crippen LogP) is 1.09. The van der Waals surface area contributed by atoms with Crippen molar-refractivity contribution in [3.63, 3.8) is 0 Å². The van der Waals surface area contributed by atoms with Crippen molar-refractivity contribution >= 4 is 17.2 Å². The zero-order valence-electron chi connectivity index (χ0n) is 7.38. The molecule has 0 saturated carbocycles. The summed E-state index contributed by atoms with van der Waals surface area (Å²) in [6.45, 7) is 0.641. The largest absolute Gasteiger partial charge is 0.363 e. The van der Waals surface area contributed by atoms with E-state index in [4.69, 9.17) is 5.73 Å². The van der Waals surface area contributed by atoms with Crippen LogP contribution in [0.15, 0.2) is 29.2 Å². The molecule has 1 amide bonds. The smallest absolute Gasteiger partial charge is 0.284 e. The second kappa shape index (κ2) is 3.63. The number of aromatic nitrogens is 2. The summed E-state index contributed by atoms with van der Waals surface area (Å²) in [7, 11) is 0. The normalized spacial score (nSPS) is 10.3. The molecule has 0 saturated heterocycles. The van der Waals surface area contributed by atoms with E-state index in [0.29, 0.717) is 12.4 Å². The molecule has 2 aromatic heterocycles. The van der Waals surface area contributed by atoms with Gasteiger partial charge in [0.1, 0.15) is 0 Å². The quantitative estimate of drug-likeness (QED) is 0.819. The van der Waals surface area contributed by atoms with Gasteiger partial charge in [0.05, 0.1) is 6.54 Å². The van der Waals surface area contributed by atoms with Gasteiger partial charge in [0, 0.05) is 12.4 Å². The van der Waals surface area contributed by atoms with Crippen LogP contribution in [0.5, 0.6) is 0 Å². The molecule has 0 radical (unpaired) electrons. The number of imidazole rings is 1. The molecule has 4 nitrogen and oxygen atoms in total. The summed E-state index contributed by atoms with van der Waals surface area (Å²) in [5, 5.41) is 4.03. The second-order valence-corrected chi connectivity index (χ2v) is 3.65. The van der Waals surface area contributed by atoms with Crippen molar-refractivity contribution in [2.75, 3.05) is 0 Å². The third kappa shape index (κ3) is 1.67. The van der Waals surface area contributed by atoms with Crippen molar-refractivity contribution in [3.05, 3.63) is 40.6 Å². The van der Waals surface area contributed by atoms with E-state index in [1.54, 1.807) is 28.3 Å². The first-order valence-corrected chi connectivity index (χ1v) is 5.03. The van der Waals surface area contributed by atoms with E-state index in [1.165, 1.54) is 0 Å². The number of nitrogens with two attached hydrogens (primary N) is 1. The van der Waals surface area contributed by atoms with E-state index >= 15 is 0 Å². The number of thiophene rings is 1. The number of nitrogens with zero attached hydrogens (tertiary/aromatic N) is 2. The van der Waals surface area contributed by atoms with Gasteiger partial charge in [-0.3, -0.25) is 4.79 Å². The van der Waals surface area contributed by atoms with Gasteiger partial charge in [-0.25, -0.2) is 4.98 Å². The maximum absolute atomic E-state index is 11.0. The van der Waals surface area contributed by atoms with Crippen LogP contribution in [0.4, 0.5) is 0 Å². The molecule has 14 heavy (non-hydrogen) atoms. The Morgan fingerprint density at radius 2 is 2.50 bits per heavy atom. The molecule has 0 aliphatic heterocycles. The van der Waals surface area contributed by atoms with Crippen molar-refractivity contribution in [1.82, 2.24) is 9.55 Å². The minimum Gasteiger partial charge on any atom is -0.363 e. The van der Waals surface area contributed by atoms with Gasteiger partial charge in [0.25, 0.3) is 5.91 Å². The predicted molar refractivity (Wildman–Crippen MR) is 54.2 cm³/mol. The van der Waals surface area contributed by atoms with Gasteiger partial charge in [-0.15, -0.1) is 0 Å². The lowest BCUT2D eigenvalue weighted by molar-refractivity contribution is 0.0987. The Hall–Kier alpha value is -1.62. The summed E-state index contributed by atoms with van der Waals surface area (Å²) < 4.78 is 1.74. The monoisotopic (exact) mass is 207 g/mol. The minimum absolute atomic E-state index is 0.302. The number of hydrogen-bond acceptors (Lipinski definition) is 3. The van der Waals surface area contributed by atoms with Gasteiger partial charge in [-0.05, 0) is 22.4 Å². The molecule has 72 valence electrons. The topological polar surface area (TPSA) is 60.9 Å². The first-order valence-electron chi connectivity index (χ1n) is 4.09. The van der Waals surface area contributed by atoms with E-state index in [-0.39, 0.29) is 0 Å². The van der Waals surface area contributed by atoms with Gasteiger partial charge in [0.15, 0.2) is 5.82 Å². The highest BCUT2D eigenvalue weighted by Crippen LogP contribution is 2.09. The third-order valence-electron chi connectivity index (χ3n) is 1.87. The summed E-state index contributed by atoms with van der Waals surface area (Å²) >= 11 is 1.63. The summed E-state index contributed by atoms with van der Waals surface area (Å²) in [5.41, 5.74) is 6.32. The molecule has 2 N–H and O–H groups in total. The van der Waals surface area contributed by atoms with E-state index in [2.05, 4.69) is 4.98 Å². The van der Waals surface area contributed by atoms with E-state index in [1.807, 2.05) is 16.8 Å². The molecule has 0 unspecified atom stereocenters. The number of primary amides is 1. The van der Waals surface area contributed by atoms with Crippen molar-refractivity contribution in [2.24, 2.45) is 5.73 Å². The van der Waals surface area contributed by atoms with Gasteiger partial charge < -0.3 is 10.3 Å². The average molecular weight is 207 g/mol. The number of hydrogen-bond donors (Lipinski definition) is 1. The lowest BCUT2D eigenvalue weighted by atomic mass is 10.3. The lowest BCUT2D eigenvalue weighted by Gasteiger charge is -2.02. The van der Waals surface area contributed by atoms with Crippen LogP contribution in [0.2, 0.25) is 0 Å². The molecule has 2 heterocycles. The molecule has 2 rings (SSSR count). The van der Waals surface area contributed by atoms with Crippen LogP contribution in [0, 0.1) is 0 Å². The van der Waals surface area contributed by atoms with Gasteiger partial charge in [0.2, 0.25) is 0 Å². The maximum Gasteiger partial charge on any atom is 0.284 e. The molecule has 0 bridgehead atoms. The molecule has 0 aromatic carbocycles. The average Bonchev–Trinajstić information content (AvgIpc) is 2.75. The fourth-order valence-electron chi connectivity index (χ4n) is 1.24. The fraction of sp³-hybridized carbons (Fsp3) is 0.111. The molecule has 0 aliphatic rings. The van der Waals surface area contributed by atoms with Crippen LogP contribution < -0.4 is 5.73 Å². The number of carbonyl (C=O) groups excluding carboxylic acids is 1. The first kappa shape index (κ1) is 8.96. The van der Waals surface area contributed by atoms with E-state index < -0.39 is 5.91 Å². The van der Waals surface area contributed by atoms with Gasteiger partial charge in [-0.2, -0.15) is 11.3 Å². The van der Waals surface area contributed by atoms with Crippen LogP contribution in [-0.4, -0.2) is 15.5 Å². The van der Waals surface area contributed by atoms with Crippen molar-refractivity contribution in [3.8, 4) is 0 Å². The highest BCUT2D eigenvalue weighted by Gasteiger charge is 2.08. The molecular weight excluding hydrogens is 198 g/mol. The highest BCUT2D eigenvalue weighted by atomic mass is 32.1. The molecule has 0 spiro atoms. The van der Waals surface area contributed by atoms with Crippen LogP contribution in [0.3, 0.4) is 0 Å². The number of carbonyl (C=O) groups is 1. The zero-order valence-corrected chi connectivity index (χ0v) is 8.20. The molecule has 5 heteroatoms. The summed E-state index contributed by atoms with van der Waals surface area (Å²) in [4.78, 5) is 14.8. The third-order valence-corrected chi connectivity index (χ3v) is 2.60. The van der Waals surface area contributed by atoms with Gasteiger partial charge in [-0.1, -0.05) is 0 Å². The van der Waals surface area contributed by atoms with Crippen molar-refractivity contribution in [2.45, 2.75) is 6.54 Å². The molecule has 0 fully saturated rings. The number of rotatable bonds is 3. The molecule has 2 aromatic rings. The van der Waals surface area contributed by atoms with E-state index in [9.17, 15) is 4.79 Å². The first-order chi connectivity index (χ1) is 6.77. The Balaban J connectivity index is 2.25. The molecule has 0 atom stereocenters. The van der Waals surface area contributed by atoms with Crippen LogP contribution >= 0.6 is 11.3 Å². The summed E-state index contributed by atoms with van der Waals surface area (Å²) in [6.07, 6.45) is 3.32. The van der Waals surface area contributed by atoms with Crippen LogP contribution in [-0.2, 0) is 6.54 Å². The molecular formula is C9H9N3OS. The highest BCUT2D eigenvalue weighted by molar-refractivity contribution is 7.07. The standard InChI is InChI=1S/C9H9N3OS/c10-8(13)9-11-2-3-12(9)5-7-1-4-14-6-7/h1-4,6H,5H2,(H2,10,13). The number of amides is 1. The fourth-order valence-corrected chi connectivity index (χ4v) is 1.90. The van der Waals surface area contributed by atoms with Crippen LogP contribution in [0.1, 0.15) is 16.2 Å². The van der Waals surface area contributed by atoms with Gasteiger partial charge >= 0.3 is 0 Å². The second-order valence-electron chi connectivity index (χ2n) is 2.87. The minimum atomic E-state index is -0.495. The Kier molecular flexibility index (Phi) is 2.32. The molecule has 0 aliphatic carbocycles. The van der Waals surface area contributed by atoms with Crippen LogP contribution in [0.25, 0.3) is 0 Å². The van der Waals surface area contributed by atoms with E-state index in [0.717, 1.165) is 5.56 Å². The maximum atomic E-state index is 11.0. The Morgan fingerprint density at radius 1 is 1.64 bits per heavy atom. The summed E-state index contributed by atoms with van der Waals surface area (Å²) in [5.74, 6) is -0.193. The van der Waals surface area contributed by atoms with Crippen molar-refractivity contribution in [1.29, 1.82) is 0 Å². The lowest BCUT2D eigenvalue weighted by Crippen LogP contribution is -2.18. The SMILES string of the molecule is NC(=O)c1nccn1Cc1ccsc1. The Morgan fingerprint density at radius 3 is 3.14 bits per heavy atom.